The third kappa shape index (κ3) is 3.03. The summed E-state index contributed by atoms with van der Waals surface area (Å²) >= 11 is 6.09. The third-order valence-electron chi connectivity index (χ3n) is 3.61. The molecule has 120 valence electrons. The van der Waals surface area contributed by atoms with Crippen LogP contribution in [0.5, 0.6) is 5.75 Å². The summed E-state index contributed by atoms with van der Waals surface area (Å²) in [6, 6.07) is 9.16. The monoisotopic (exact) mass is 332 g/mol. The lowest BCUT2D eigenvalue weighted by Crippen LogP contribution is -2.24. The van der Waals surface area contributed by atoms with Crippen molar-refractivity contribution in [3.63, 3.8) is 0 Å². The largest absolute Gasteiger partial charge is 0.495 e. The van der Waals surface area contributed by atoms with E-state index < -0.39 is 0 Å². The van der Waals surface area contributed by atoms with Crippen molar-refractivity contribution in [3.05, 3.63) is 57.6 Å². The van der Waals surface area contributed by atoms with Gasteiger partial charge >= 0.3 is 5.69 Å². The maximum atomic E-state index is 12.2. The number of pyridine rings is 1. The van der Waals surface area contributed by atoms with Gasteiger partial charge in [0.1, 0.15) is 5.75 Å². The quantitative estimate of drug-likeness (QED) is 0.780. The summed E-state index contributed by atoms with van der Waals surface area (Å²) in [5, 5.41) is 8.21. The third-order valence-corrected chi connectivity index (χ3v) is 4.02. The molecule has 2 heterocycles. The number of fused-ring (bicyclic) bond motifs is 1. The van der Waals surface area contributed by atoms with Crippen molar-refractivity contribution in [3.8, 4) is 5.75 Å². The molecule has 0 radical (unpaired) electrons. The van der Waals surface area contributed by atoms with Crippen LogP contribution in [0.4, 0.5) is 5.69 Å². The number of rotatable bonds is 5. The number of halogens is 1. The van der Waals surface area contributed by atoms with Crippen LogP contribution in [0.25, 0.3) is 5.65 Å². The average molecular weight is 333 g/mol. The zero-order chi connectivity index (χ0) is 16.4. The number of hydrogen-bond donors (Lipinski definition) is 1. The van der Waals surface area contributed by atoms with E-state index in [0.29, 0.717) is 29.5 Å². The number of anilines is 1. The molecule has 0 saturated carbocycles. The van der Waals surface area contributed by atoms with Crippen molar-refractivity contribution in [1.82, 2.24) is 14.2 Å². The van der Waals surface area contributed by atoms with E-state index in [1.165, 1.54) is 9.08 Å². The molecule has 0 aliphatic carbocycles. The topological polar surface area (TPSA) is 60.6 Å². The molecule has 7 heteroatoms. The summed E-state index contributed by atoms with van der Waals surface area (Å²) in [6.45, 7) is 2.92. The Bertz CT molecular complexity index is 901. The number of hydrogen-bond acceptors (Lipinski definition) is 4. The molecule has 2 aromatic heterocycles. The highest BCUT2D eigenvalue weighted by Crippen LogP contribution is 2.30. The van der Waals surface area contributed by atoms with E-state index in [0.717, 1.165) is 11.3 Å². The highest BCUT2D eigenvalue weighted by molar-refractivity contribution is 6.31. The number of benzene rings is 1. The smallest absolute Gasteiger partial charge is 0.350 e. The van der Waals surface area contributed by atoms with E-state index in [1.807, 2.05) is 19.1 Å². The number of methoxy groups -OCH3 is 1. The highest BCUT2D eigenvalue weighted by atomic mass is 35.5. The van der Waals surface area contributed by atoms with Gasteiger partial charge in [0.05, 0.1) is 19.3 Å². The zero-order valence-electron chi connectivity index (χ0n) is 12.9. The second-order valence-corrected chi connectivity index (χ2v) is 5.57. The van der Waals surface area contributed by atoms with Gasteiger partial charge in [0.2, 0.25) is 0 Å². The van der Waals surface area contributed by atoms with Gasteiger partial charge in [-0.25, -0.2) is 9.48 Å². The lowest BCUT2D eigenvalue weighted by atomic mass is 10.2. The summed E-state index contributed by atoms with van der Waals surface area (Å²) in [4.78, 5) is 12.2. The minimum atomic E-state index is -0.151. The van der Waals surface area contributed by atoms with Gasteiger partial charge in [0.25, 0.3) is 0 Å². The average Bonchev–Trinajstić information content (AvgIpc) is 2.87. The van der Waals surface area contributed by atoms with Gasteiger partial charge in [-0.3, -0.25) is 4.40 Å². The Morgan fingerprint density at radius 3 is 2.91 bits per heavy atom. The van der Waals surface area contributed by atoms with Gasteiger partial charge in [-0.05, 0) is 30.7 Å². The van der Waals surface area contributed by atoms with Gasteiger partial charge in [-0.2, -0.15) is 0 Å². The summed E-state index contributed by atoms with van der Waals surface area (Å²) in [5.41, 5.74) is 2.28. The Morgan fingerprint density at radius 2 is 2.17 bits per heavy atom. The maximum Gasteiger partial charge on any atom is 0.350 e. The Balaban J connectivity index is 1.75. The first-order valence-electron chi connectivity index (χ1n) is 7.22. The highest BCUT2D eigenvalue weighted by Gasteiger charge is 2.08. The summed E-state index contributed by atoms with van der Waals surface area (Å²) in [7, 11) is 1.60. The molecule has 6 nitrogen and oxygen atoms in total. The van der Waals surface area contributed by atoms with Crippen molar-refractivity contribution >= 4 is 22.9 Å². The van der Waals surface area contributed by atoms with Crippen LogP contribution in [-0.4, -0.2) is 27.8 Å². The lowest BCUT2D eigenvalue weighted by molar-refractivity contribution is 0.416. The van der Waals surface area contributed by atoms with E-state index >= 15 is 0 Å². The lowest BCUT2D eigenvalue weighted by Gasteiger charge is -2.12. The molecule has 23 heavy (non-hydrogen) atoms. The van der Waals surface area contributed by atoms with Gasteiger partial charge in [0, 0.05) is 23.8 Å². The van der Waals surface area contributed by atoms with Gasteiger partial charge in [-0.1, -0.05) is 17.7 Å². The van der Waals surface area contributed by atoms with Crippen LogP contribution < -0.4 is 15.7 Å². The van der Waals surface area contributed by atoms with Crippen molar-refractivity contribution < 1.29 is 4.74 Å². The van der Waals surface area contributed by atoms with Gasteiger partial charge in [0.15, 0.2) is 5.65 Å². The molecule has 0 amide bonds. The summed E-state index contributed by atoms with van der Waals surface area (Å²) < 4.78 is 8.28. The molecule has 0 bridgehead atoms. The van der Waals surface area contributed by atoms with Gasteiger partial charge in [-0.15, -0.1) is 5.10 Å². The number of nitrogens with zero attached hydrogens (tertiary/aromatic N) is 3. The number of nitrogens with one attached hydrogen (secondary N) is 1. The number of aryl methyl sites for hydroxylation is 1. The van der Waals surface area contributed by atoms with Crippen LogP contribution in [0.15, 0.2) is 41.3 Å². The molecule has 0 atom stereocenters. The molecule has 3 aromatic rings. The molecule has 3 rings (SSSR count). The van der Waals surface area contributed by atoms with Crippen LogP contribution in [0.3, 0.4) is 0 Å². The predicted molar refractivity (Wildman–Crippen MR) is 90.7 cm³/mol. The second kappa shape index (κ2) is 6.34. The van der Waals surface area contributed by atoms with Crippen LogP contribution >= 0.6 is 11.6 Å². The fourth-order valence-corrected chi connectivity index (χ4v) is 2.53. The molecule has 0 unspecified atom stereocenters. The Labute approximate surface area is 138 Å². The maximum absolute atomic E-state index is 12.2. The molecular weight excluding hydrogens is 316 g/mol. The Kier molecular flexibility index (Phi) is 4.25. The summed E-state index contributed by atoms with van der Waals surface area (Å²) in [6.07, 6.45) is 1.71. The normalized spacial score (nSPS) is 10.9. The number of aromatic nitrogens is 3. The van der Waals surface area contributed by atoms with Gasteiger partial charge < -0.3 is 10.1 Å². The van der Waals surface area contributed by atoms with Crippen LogP contribution in [0.2, 0.25) is 5.02 Å². The van der Waals surface area contributed by atoms with Crippen LogP contribution in [0.1, 0.15) is 5.56 Å². The summed E-state index contributed by atoms with van der Waals surface area (Å²) in [5.74, 6) is 0.669. The van der Waals surface area contributed by atoms with E-state index in [1.54, 1.807) is 31.5 Å². The molecule has 0 saturated heterocycles. The van der Waals surface area contributed by atoms with Crippen molar-refractivity contribution in [2.45, 2.75) is 13.5 Å². The minimum absolute atomic E-state index is 0.151. The van der Waals surface area contributed by atoms with E-state index in [2.05, 4.69) is 10.4 Å². The molecule has 0 aliphatic rings. The van der Waals surface area contributed by atoms with Crippen molar-refractivity contribution in [1.29, 1.82) is 0 Å². The van der Waals surface area contributed by atoms with Crippen molar-refractivity contribution in [2.75, 3.05) is 19.0 Å². The van der Waals surface area contributed by atoms with Crippen molar-refractivity contribution in [2.24, 2.45) is 0 Å². The molecule has 0 fully saturated rings. The van der Waals surface area contributed by atoms with E-state index in [-0.39, 0.29) is 5.69 Å². The Hall–Kier alpha value is -2.47. The van der Waals surface area contributed by atoms with E-state index in [9.17, 15) is 4.79 Å². The minimum Gasteiger partial charge on any atom is -0.495 e. The Morgan fingerprint density at radius 1 is 1.35 bits per heavy atom. The molecule has 0 aliphatic heterocycles. The molecular formula is C16H17ClN4O2. The molecule has 0 spiro atoms. The standard InChI is InChI=1S/C16H17ClN4O2/c1-11-9-13(14(23-2)10-12(11)17)18-6-8-21-16(22)20-7-4-3-5-15(20)19-21/h3-5,7,9-10,18H,6,8H2,1-2H3. The first-order valence-corrected chi connectivity index (χ1v) is 7.60. The zero-order valence-corrected chi connectivity index (χ0v) is 13.7. The fraction of sp³-hybridized carbons (Fsp3) is 0.250. The van der Waals surface area contributed by atoms with E-state index in [4.69, 9.17) is 16.3 Å². The predicted octanol–water partition coefficient (Wildman–Crippen LogP) is 2.58. The van der Waals surface area contributed by atoms with Crippen LogP contribution in [0, 0.1) is 6.92 Å². The fourth-order valence-electron chi connectivity index (χ4n) is 2.38. The first kappa shape index (κ1) is 15.4. The second-order valence-electron chi connectivity index (χ2n) is 5.16. The first-order chi connectivity index (χ1) is 11.1. The SMILES string of the molecule is COc1cc(Cl)c(C)cc1NCCn1nc2ccccn2c1=O. The number of ether oxygens (including phenoxy) is 1. The van der Waals surface area contributed by atoms with Crippen LogP contribution in [-0.2, 0) is 6.54 Å². The molecule has 1 aromatic carbocycles. The molecule has 1 N–H and O–H groups in total.